The fourth-order valence-corrected chi connectivity index (χ4v) is 8.50. The van der Waals surface area contributed by atoms with E-state index in [0.717, 1.165) is 36.8 Å². The van der Waals surface area contributed by atoms with E-state index in [4.69, 9.17) is 5.73 Å². The minimum atomic E-state index is -3.60. The Balaban J connectivity index is 0.000000174. The SMILES string of the molecule is CC1(NS(=O)(=O)c2ccc(NCc3ccc(F)cc3)c(N)c2)CC1.CC1(NS(=O)(=O)c2ccc3c(c2)CC(=O)N3Cc2ccc(F)cc2)CC1. The maximum atomic E-state index is 13.1. The summed E-state index contributed by atoms with van der Waals surface area (Å²) in [5.41, 5.74) is 9.39. The number of carbonyl (C=O) groups excluding carboxylic acids is 1. The smallest absolute Gasteiger partial charge is 0.241 e. The highest BCUT2D eigenvalue weighted by Gasteiger charge is 2.42. The van der Waals surface area contributed by atoms with E-state index in [1.54, 1.807) is 47.4 Å². The second-order valence-corrected chi connectivity index (χ2v) is 17.0. The number of carbonyl (C=O) groups is 1. The van der Waals surface area contributed by atoms with Gasteiger partial charge < -0.3 is 16.0 Å². The van der Waals surface area contributed by atoms with Gasteiger partial charge in [-0.2, -0.15) is 0 Å². The fraction of sp³-hybridized carbons (Fsp3) is 0.306. The van der Waals surface area contributed by atoms with E-state index < -0.39 is 20.0 Å². The molecule has 4 aromatic rings. The first kappa shape index (κ1) is 35.5. The minimum Gasteiger partial charge on any atom is -0.397 e. The Morgan fingerprint density at radius 3 is 1.74 bits per heavy atom. The summed E-state index contributed by atoms with van der Waals surface area (Å²) >= 11 is 0. The van der Waals surface area contributed by atoms with Crippen molar-refractivity contribution in [1.29, 1.82) is 0 Å². The van der Waals surface area contributed by atoms with Crippen LogP contribution in [0.15, 0.2) is 94.7 Å². The second-order valence-electron chi connectivity index (χ2n) is 13.6. The number of anilines is 3. The summed E-state index contributed by atoms with van der Waals surface area (Å²) in [6.45, 7) is 4.56. The lowest BCUT2D eigenvalue weighted by Gasteiger charge is -2.18. The molecule has 1 aliphatic heterocycles. The zero-order valence-corrected chi connectivity index (χ0v) is 29.3. The Hall–Kier alpha value is -4.37. The summed E-state index contributed by atoms with van der Waals surface area (Å²) in [7, 11) is -7.16. The number of amides is 1. The minimum absolute atomic E-state index is 0.0963. The van der Waals surface area contributed by atoms with Gasteiger partial charge in [-0.15, -0.1) is 0 Å². The molecule has 0 spiro atoms. The van der Waals surface area contributed by atoms with E-state index in [1.807, 2.05) is 13.8 Å². The van der Waals surface area contributed by atoms with Crippen LogP contribution in [0.3, 0.4) is 0 Å². The predicted octanol–water partition coefficient (Wildman–Crippen LogP) is 5.60. The number of nitrogens with two attached hydrogens (primary N) is 1. The van der Waals surface area contributed by atoms with Crippen LogP contribution >= 0.6 is 0 Å². The third kappa shape index (κ3) is 8.49. The number of hydrogen-bond donors (Lipinski definition) is 4. The number of benzene rings is 4. The molecule has 0 saturated heterocycles. The lowest BCUT2D eigenvalue weighted by molar-refractivity contribution is -0.117. The van der Waals surface area contributed by atoms with E-state index in [-0.39, 0.29) is 44.8 Å². The monoisotopic (exact) mass is 723 g/mol. The second kappa shape index (κ2) is 13.4. The van der Waals surface area contributed by atoms with Gasteiger partial charge in [0.05, 0.1) is 34.1 Å². The number of hydrogen-bond acceptors (Lipinski definition) is 7. The number of nitrogens with zero attached hydrogens (tertiary/aromatic N) is 1. The van der Waals surface area contributed by atoms with Gasteiger partial charge in [0, 0.05) is 23.3 Å². The Bertz CT molecular complexity index is 2140. The van der Waals surface area contributed by atoms with Crippen molar-refractivity contribution in [3.05, 3.63) is 113 Å². The first-order valence-corrected chi connectivity index (χ1v) is 19.1. The Morgan fingerprint density at radius 1 is 0.720 bits per heavy atom. The average Bonchev–Trinajstić information content (AvgIpc) is 3.95. The number of halogens is 2. The van der Waals surface area contributed by atoms with Crippen molar-refractivity contribution < 1.29 is 30.4 Å². The summed E-state index contributed by atoms with van der Waals surface area (Å²) in [6, 6.07) is 21.5. The van der Waals surface area contributed by atoms with Gasteiger partial charge in [0.1, 0.15) is 11.6 Å². The van der Waals surface area contributed by atoms with Crippen molar-refractivity contribution in [3.8, 4) is 0 Å². The molecule has 5 N–H and O–H groups in total. The number of sulfonamides is 2. The fourth-order valence-electron chi connectivity index (χ4n) is 5.49. The van der Waals surface area contributed by atoms with Gasteiger partial charge in [0.25, 0.3) is 0 Å². The molecule has 2 aliphatic carbocycles. The molecule has 264 valence electrons. The summed E-state index contributed by atoms with van der Waals surface area (Å²) in [4.78, 5) is 14.3. The number of nitrogen functional groups attached to an aromatic ring is 1. The highest BCUT2D eigenvalue weighted by atomic mass is 32.2. The van der Waals surface area contributed by atoms with Gasteiger partial charge >= 0.3 is 0 Å². The Labute approximate surface area is 291 Å². The van der Waals surface area contributed by atoms with Crippen LogP contribution in [0.2, 0.25) is 0 Å². The predicted molar refractivity (Wildman–Crippen MR) is 188 cm³/mol. The molecule has 0 bridgehead atoms. The normalized spacial score (nSPS) is 17.0. The maximum absolute atomic E-state index is 13.1. The Kier molecular flexibility index (Phi) is 9.50. The van der Waals surface area contributed by atoms with Crippen LogP contribution in [0.1, 0.15) is 56.2 Å². The molecular weight excluding hydrogens is 685 g/mol. The lowest BCUT2D eigenvalue weighted by Crippen LogP contribution is -2.34. The molecule has 1 amide bonds. The average molecular weight is 724 g/mol. The van der Waals surface area contributed by atoms with Crippen LogP contribution in [0, 0.1) is 11.6 Å². The van der Waals surface area contributed by atoms with Gasteiger partial charge in [-0.05, 0) is 117 Å². The zero-order chi connectivity index (χ0) is 35.9. The molecule has 10 nitrogen and oxygen atoms in total. The van der Waals surface area contributed by atoms with E-state index in [1.165, 1.54) is 42.5 Å². The number of nitrogens with one attached hydrogen (secondary N) is 3. The lowest BCUT2D eigenvalue weighted by atomic mass is 10.1. The molecule has 2 fully saturated rings. The first-order valence-electron chi connectivity index (χ1n) is 16.2. The third-order valence-corrected chi connectivity index (χ3v) is 12.3. The van der Waals surface area contributed by atoms with Crippen LogP contribution in [-0.2, 0) is 44.4 Å². The highest BCUT2D eigenvalue weighted by molar-refractivity contribution is 7.89. The molecular formula is C36H39F2N5O5S2. The molecule has 3 aliphatic rings. The quantitative estimate of drug-likeness (QED) is 0.147. The molecule has 0 atom stereocenters. The molecule has 2 saturated carbocycles. The molecule has 0 unspecified atom stereocenters. The summed E-state index contributed by atoms with van der Waals surface area (Å²) in [5, 5.41) is 3.13. The van der Waals surface area contributed by atoms with E-state index in [9.17, 15) is 30.4 Å². The van der Waals surface area contributed by atoms with E-state index in [2.05, 4.69) is 14.8 Å². The van der Waals surface area contributed by atoms with Crippen LogP contribution in [0.4, 0.5) is 25.8 Å². The van der Waals surface area contributed by atoms with Gasteiger partial charge in [-0.1, -0.05) is 24.3 Å². The standard InChI is InChI=1S/C19H19FN2O3S.C17H20FN3O2S/c1-19(8-9-19)21-26(24,25)16-6-7-17-14(10-16)11-18(23)22(17)12-13-2-4-15(20)5-3-13;1-17(8-9-17)21-24(22,23)14-6-7-16(15(19)10-14)20-11-12-2-4-13(18)5-3-12/h2-7,10,21H,8-9,11-12H2,1H3;2-7,10,20-21H,8-9,11,19H2,1H3. The molecule has 4 aromatic carbocycles. The summed E-state index contributed by atoms with van der Waals surface area (Å²) in [6.07, 6.45) is 3.53. The van der Waals surface area contributed by atoms with Crippen LogP contribution in [0.5, 0.6) is 0 Å². The molecule has 0 radical (unpaired) electrons. The van der Waals surface area contributed by atoms with Crippen LogP contribution < -0.4 is 25.4 Å². The van der Waals surface area contributed by atoms with Crippen molar-refractivity contribution in [2.75, 3.05) is 16.0 Å². The summed E-state index contributed by atoms with van der Waals surface area (Å²) < 4.78 is 81.1. The molecule has 1 heterocycles. The largest absolute Gasteiger partial charge is 0.397 e. The van der Waals surface area contributed by atoms with Crippen molar-refractivity contribution >= 4 is 43.0 Å². The van der Waals surface area contributed by atoms with Gasteiger partial charge in [-0.25, -0.2) is 35.1 Å². The van der Waals surface area contributed by atoms with E-state index >= 15 is 0 Å². The van der Waals surface area contributed by atoms with Crippen LogP contribution in [0.25, 0.3) is 0 Å². The molecule has 0 aromatic heterocycles. The molecule has 7 rings (SSSR count). The topological polar surface area (TPSA) is 151 Å². The third-order valence-electron chi connectivity index (χ3n) is 9.04. The maximum Gasteiger partial charge on any atom is 0.241 e. The Morgan fingerprint density at radius 2 is 1.22 bits per heavy atom. The highest BCUT2D eigenvalue weighted by Crippen LogP contribution is 2.38. The van der Waals surface area contributed by atoms with Gasteiger partial charge in [0.15, 0.2) is 0 Å². The van der Waals surface area contributed by atoms with Crippen LogP contribution in [-0.4, -0.2) is 33.8 Å². The zero-order valence-electron chi connectivity index (χ0n) is 27.7. The van der Waals surface area contributed by atoms with Crippen molar-refractivity contribution in [3.63, 3.8) is 0 Å². The number of rotatable bonds is 11. The number of fused-ring (bicyclic) bond motifs is 1. The summed E-state index contributed by atoms with van der Waals surface area (Å²) in [5.74, 6) is -0.709. The van der Waals surface area contributed by atoms with Crippen molar-refractivity contribution in [2.45, 2.75) is 79.9 Å². The van der Waals surface area contributed by atoms with Gasteiger partial charge in [0.2, 0.25) is 26.0 Å². The van der Waals surface area contributed by atoms with E-state index in [0.29, 0.717) is 35.7 Å². The molecule has 14 heteroatoms. The van der Waals surface area contributed by atoms with Gasteiger partial charge in [-0.3, -0.25) is 4.79 Å². The molecule has 50 heavy (non-hydrogen) atoms. The van der Waals surface area contributed by atoms with Crippen molar-refractivity contribution in [1.82, 2.24) is 9.44 Å². The van der Waals surface area contributed by atoms with Crippen molar-refractivity contribution in [2.24, 2.45) is 0 Å². The first-order chi connectivity index (χ1) is 23.5.